The highest BCUT2D eigenvalue weighted by molar-refractivity contribution is 9.10. The summed E-state index contributed by atoms with van der Waals surface area (Å²) in [6.45, 7) is 2.18. The fourth-order valence-electron chi connectivity index (χ4n) is 2.85. The minimum Gasteiger partial charge on any atom is -0.467 e. The molecule has 1 aromatic carbocycles. The first-order chi connectivity index (χ1) is 9.09. The quantitative estimate of drug-likeness (QED) is 0.851. The molecule has 1 aromatic rings. The summed E-state index contributed by atoms with van der Waals surface area (Å²) in [4.78, 5) is 12.2. The largest absolute Gasteiger partial charge is 0.467 e. The summed E-state index contributed by atoms with van der Waals surface area (Å²) in [5.74, 6) is 0.452. The molecule has 1 saturated carbocycles. The molecule has 0 aliphatic heterocycles. The Morgan fingerprint density at radius 2 is 2.16 bits per heavy atom. The summed E-state index contributed by atoms with van der Waals surface area (Å²) < 4.78 is 6.05. The van der Waals surface area contributed by atoms with Crippen molar-refractivity contribution in [3.05, 3.63) is 28.7 Å². The molecule has 0 spiro atoms. The zero-order valence-electron chi connectivity index (χ0n) is 11.4. The zero-order valence-corrected chi connectivity index (χ0v) is 13.0. The second-order valence-electron chi connectivity index (χ2n) is 5.22. The van der Waals surface area contributed by atoms with Crippen molar-refractivity contribution in [3.8, 4) is 0 Å². The number of hydrogen-bond acceptors (Lipinski definition) is 3. The number of nitrogens with one attached hydrogen (secondary N) is 1. The van der Waals surface area contributed by atoms with Gasteiger partial charge in [0.2, 0.25) is 0 Å². The Kier molecular flexibility index (Phi) is 4.50. The van der Waals surface area contributed by atoms with Crippen molar-refractivity contribution >= 4 is 27.6 Å². The monoisotopic (exact) mass is 325 g/mol. The molecule has 1 fully saturated rings. The van der Waals surface area contributed by atoms with Crippen molar-refractivity contribution in [1.82, 2.24) is 0 Å². The SMILES string of the molecule is CCC1CCC(Nc2ccc(Br)cc2)(C(=O)OC)C1. The van der Waals surface area contributed by atoms with Crippen LogP contribution < -0.4 is 5.32 Å². The number of carbonyl (C=O) groups is 1. The number of hydrogen-bond donors (Lipinski definition) is 1. The Labute approximate surface area is 122 Å². The molecule has 19 heavy (non-hydrogen) atoms. The van der Waals surface area contributed by atoms with Gasteiger partial charge in [-0.25, -0.2) is 4.79 Å². The number of benzene rings is 1. The molecule has 0 saturated heterocycles. The van der Waals surface area contributed by atoms with Crippen molar-refractivity contribution in [2.45, 2.75) is 38.1 Å². The summed E-state index contributed by atoms with van der Waals surface area (Å²) in [6, 6.07) is 7.90. The van der Waals surface area contributed by atoms with E-state index in [4.69, 9.17) is 4.74 Å². The van der Waals surface area contributed by atoms with Crippen LogP contribution in [0.1, 0.15) is 32.6 Å². The number of anilines is 1. The number of esters is 1. The van der Waals surface area contributed by atoms with Crippen LogP contribution in [-0.2, 0) is 9.53 Å². The molecule has 0 heterocycles. The molecule has 0 aromatic heterocycles. The van der Waals surface area contributed by atoms with Crippen LogP contribution in [0.15, 0.2) is 28.7 Å². The van der Waals surface area contributed by atoms with Gasteiger partial charge in [-0.3, -0.25) is 0 Å². The van der Waals surface area contributed by atoms with E-state index in [2.05, 4.69) is 28.2 Å². The Balaban J connectivity index is 2.19. The lowest BCUT2D eigenvalue weighted by Gasteiger charge is -2.29. The van der Waals surface area contributed by atoms with E-state index < -0.39 is 5.54 Å². The smallest absolute Gasteiger partial charge is 0.331 e. The van der Waals surface area contributed by atoms with E-state index in [9.17, 15) is 4.79 Å². The maximum atomic E-state index is 12.2. The minimum atomic E-state index is -0.552. The van der Waals surface area contributed by atoms with Gasteiger partial charge in [0.05, 0.1) is 7.11 Å². The van der Waals surface area contributed by atoms with Gasteiger partial charge in [-0.15, -0.1) is 0 Å². The van der Waals surface area contributed by atoms with Gasteiger partial charge in [0, 0.05) is 10.2 Å². The number of rotatable bonds is 4. The third-order valence-electron chi connectivity index (χ3n) is 4.00. The lowest BCUT2D eigenvalue weighted by molar-refractivity contribution is -0.145. The summed E-state index contributed by atoms with van der Waals surface area (Å²) in [5, 5.41) is 3.40. The Bertz CT molecular complexity index is 446. The highest BCUT2D eigenvalue weighted by Gasteiger charge is 2.45. The highest BCUT2D eigenvalue weighted by Crippen LogP contribution is 2.39. The first-order valence-corrected chi connectivity index (χ1v) is 7.51. The molecule has 2 rings (SSSR count). The van der Waals surface area contributed by atoms with Gasteiger partial charge >= 0.3 is 5.97 Å². The number of ether oxygens (including phenoxy) is 1. The summed E-state index contributed by atoms with van der Waals surface area (Å²) >= 11 is 3.42. The molecular formula is C15H20BrNO2. The van der Waals surface area contributed by atoms with Gasteiger partial charge in [-0.1, -0.05) is 29.3 Å². The van der Waals surface area contributed by atoms with Crippen LogP contribution in [0, 0.1) is 5.92 Å². The minimum absolute atomic E-state index is 0.147. The second-order valence-corrected chi connectivity index (χ2v) is 6.14. The third kappa shape index (κ3) is 3.11. The number of halogens is 1. The molecule has 0 bridgehead atoms. The average molecular weight is 326 g/mol. The van der Waals surface area contributed by atoms with Crippen molar-refractivity contribution in [2.75, 3.05) is 12.4 Å². The van der Waals surface area contributed by atoms with Gasteiger partial charge in [0.25, 0.3) is 0 Å². The highest BCUT2D eigenvalue weighted by atomic mass is 79.9. The topological polar surface area (TPSA) is 38.3 Å². The molecule has 0 radical (unpaired) electrons. The van der Waals surface area contributed by atoms with E-state index >= 15 is 0 Å². The van der Waals surface area contributed by atoms with E-state index in [1.54, 1.807) is 0 Å². The first kappa shape index (κ1) is 14.4. The van der Waals surface area contributed by atoms with Crippen LogP contribution in [0.25, 0.3) is 0 Å². The third-order valence-corrected chi connectivity index (χ3v) is 4.53. The van der Waals surface area contributed by atoms with E-state index in [0.29, 0.717) is 5.92 Å². The van der Waals surface area contributed by atoms with Crippen molar-refractivity contribution in [1.29, 1.82) is 0 Å². The summed E-state index contributed by atoms with van der Waals surface area (Å²) in [5.41, 5.74) is 0.411. The zero-order chi connectivity index (χ0) is 13.9. The van der Waals surface area contributed by atoms with Crippen LogP contribution in [0.5, 0.6) is 0 Å². The van der Waals surface area contributed by atoms with Gasteiger partial charge in [-0.2, -0.15) is 0 Å². The summed E-state index contributed by atoms with van der Waals surface area (Å²) in [6.07, 6.45) is 3.89. The number of methoxy groups -OCH3 is 1. The maximum Gasteiger partial charge on any atom is 0.331 e. The predicted molar refractivity (Wildman–Crippen MR) is 80.1 cm³/mol. The molecule has 1 aliphatic carbocycles. The fourth-order valence-corrected chi connectivity index (χ4v) is 3.12. The number of carbonyl (C=O) groups excluding carboxylic acids is 1. The van der Waals surface area contributed by atoms with E-state index in [1.165, 1.54) is 7.11 Å². The van der Waals surface area contributed by atoms with Crippen LogP contribution >= 0.6 is 15.9 Å². The van der Waals surface area contributed by atoms with Crippen molar-refractivity contribution in [3.63, 3.8) is 0 Å². The Morgan fingerprint density at radius 1 is 1.47 bits per heavy atom. The van der Waals surface area contributed by atoms with E-state index in [0.717, 1.165) is 35.8 Å². The van der Waals surface area contributed by atoms with Crippen LogP contribution in [0.3, 0.4) is 0 Å². The van der Waals surface area contributed by atoms with Crippen molar-refractivity contribution in [2.24, 2.45) is 5.92 Å². The molecular weight excluding hydrogens is 306 g/mol. The van der Waals surface area contributed by atoms with Gasteiger partial charge in [0.15, 0.2) is 0 Å². The van der Waals surface area contributed by atoms with Gasteiger partial charge < -0.3 is 10.1 Å². The predicted octanol–water partition coefficient (Wildman–Crippen LogP) is 3.98. The lowest BCUT2D eigenvalue weighted by Crippen LogP contribution is -2.45. The molecule has 3 nitrogen and oxygen atoms in total. The van der Waals surface area contributed by atoms with Crippen molar-refractivity contribution < 1.29 is 9.53 Å². The van der Waals surface area contributed by atoms with E-state index in [1.807, 2.05) is 24.3 Å². The molecule has 1 aliphatic rings. The fraction of sp³-hybridized carbons (Fsp3) is 0.533. The molecule has 0 amide bonds. The van der Waals surface area contributed by atoms with Crippen LogP contribution in [-0.4, -0.2) is 18.6 Å². The Hall–Kier alpha value is -1.03. The molecule has 2 atom stereocenters. The standard InChI is InChI=1S/C15H20BrNO2/c1-3-11-8-9-15(10-11,14(18)19-2)17-13-6-4-12(16)5-7-13/h4-7,11,17H,3,8-10H2,1-2H3. The molecule has 104 valence electrons. The molecule has 1 N–H and O–H groups in total. The normalized spacial score (nSPS) is 26.2. The molecule has 4 heteroatoms. The van der Waals surface area contributed by atoms with Crippen LogP contribution in [0.4, 0.5) is 5.69 Å². The maximum absolute atomic E-state index is 12.2. The lowest BCUT2D eigenvalue weighted by atomic mass is 9.94. The Morgan fingerprint density at radius 3 is 2.68 bits per heavy atom. The van der Waals surface area contributed by atoms with Gasteiger partial charge in [-0.05, 0) is 49.4 Å². The van der Waals surface area contributed by atoms with E-state index in [-0.39, 0.29) is 5.97 Å². The molecule has 2 unspecified atom stereocenters. The second kappa shape index (κ2) is 5.95. The van der Waals surface area contributed by atoms with Gasteiger partial charge in [0.1, 0.15) is 5.54 Å². The van der Waals surface area contributed by atoms with Crippen LogP contribution in [0.2, 0.25) is 0 Å². The first-order valence-electron chi connectivity index (χ1n) is 6.72. The summed E-state index contributed by atoms with van der Waals surface area (Å²) in [7, 11) is 1.46. The average Bonchev–Trinajstić information content (AvgIpc) is 2.85.